The summed E-state index contributed by atoms with van der Waals surface area (Å²) in [6.07, 6.45) is -2.51. The van der Waals surface area contributed by atoms with E-state index in [1.807, 2.05) is 0 Å². The van der Waals surface area contributed by atoms with Gasteiger partial charge >= 0.3 is 5.97 Å². The summed E-state index contributed by atoms with van der Waals surface area (Å²) < 4.78 is 29.2. The summed E-state index contributed by atoms with van der Waals surface area (Å²) in [6, 6.07) is 0. The largest absolute Gasteiger partial charge is 0.464 e. The van der Waals surface area contributed by atoms with E-state index in [4.69, 9.17) is 9.47 Å². The van der Waals surface area contributed by atoms with Crippen molar-refractivity contribution in [2.75, 3.05) is 13.2 Å². The van der Waals surface area contributed by atoms with E-state index < -0.39 is 29.6 Å². The molecule has 1 aliphatic rings. The fourth-order valence-corrected chi connectivity index (χ4v) is 1.61. The second kappa shape index (κ2) is 4.88. The van der Waals surface area contributed by atoms with E-state index >= 15 is 0 Å². The highest BCUT2D eigenvalue weighted by Crippen LogP contribution is 2.30. The van der Waals surface area contributed by atoms with Crippen LogP contribution in [-0.2, 0) is 19.0 Å². The first-order valence-corrected chi connectivity index (χ1v) is 5.56. The number of rotatable bonds is 4. The van der Waals surface area contributed by atoms with Crippen molar-refractivity contribution in [3.8, 4) is 0 Å². The number of aliphatic hydroxyl groups is 1. The van der Waals surface area contributed by atoms with Gasteiger partial charge in [0.1, 0.15) is 12.2 Å². The lowest BCUT2D eigenvalue weighted by molar-refractivity contribution is -0.183. The second-order valence-electron chi connectivity index (χ2n) is 4.61. The molecule has 0 aromatic rings. The van der Waals surface area contributed by atoms with Gasteiger partial charge in [0, 0.05) is 0 Å². The first-order chi connectivity index (χ1) is 7.70. The predicted octanol–water partition coefficient (Wildman–Crippen LogP) is 0.790. The molecule has 5 nitrogen and oxygen atoms in total. The molecular formula is C11H19FO5. The third kappa shape index (κ3) is 3.14. The van der Waals surface area contributed by atoms with Gasteiger partial charge in [-0.05, 0) is 27.7 Å². The van der Waals surface area contributed by atoms with Crippen LogP contribution in [0.3, 0.4) is 0 Å². The van der Waals surface area contributed by atoms with E-state index in [9.17, 15) is 14.3 Å². The minimum atomic E-state index is -2.51. The summed E-state index contributed by atoms with van der Waals surface area (Å²) in [5.41, 5.74) is -2.51. The van der Waals surface area contributed by atoms with E-state index in [0.29, 0.717) is 0 Å². The van der Waals surface area contributed by atoms with Crippen molar-refractivity contribution in [1.82, 2.24) is 0 Å². The monoisotopic (exact) mass is 250 g/mol. The Bertz CT molecular complexity index is 290. The summed E-state index contributed by atoms with van der Waals surface area (Å²) >= 11 is 0. The molecule has 0 aliphatic carbocycles. The number of hydrogen-bond acceptors (Lipinski definition) is 5. The van der Waals surface area contributed by atoms with Crippen molar-refractivity contribution in [2.45, 2.75) is 51.4 Å². The van der Waals surface area contributed by atoms with Gasteiger partial charge in [0.2, 0.25) is 5.67 Å². The molecule has 0 amide bonds. The molecule has 6 heteroatoms. The lowest BCUT2D eigenvalue weighted by atomic mass is 9.97. The van der Waals surface area contributed by atoms with Gasteiger partial charge in [-0.3, -0.25) is 0 Å². The van der Waals surface area contributed by atoms with Crippen LogP contribution in [0.15, 0.2) is 0 Å². The Morgan fingerprint density at radius 1 is 1.71 bits per heavy atom. The lowest BCUT2D eigenvalue weighted by Gasteiger charge is -2.28. The molecule has 17 heavy (non-hydrogen) atoms. The molecule has 0 spiro atoms. The Morgan fingerprint density at radius 2 is 2.29 bits per heavy atom. The number of aliphatic hydroxyl groups excluding tert-OH is 1. The second-order valence-corrected chi connectivity index (χ2v) is 4.61. The molecule has 1 heterocycles. The first-order valence-electron chi connectivity index (χ1n) is 5.56. The lowest BCUT2D eigenvalue weighted by Crippen LogP contribution is -2.51. The standard InChI is InChI=1S/C11H19FO5/c1-5-15-9(14)11(4,12)8(13)7-6-16-10(2,3)17-7/h7-8,13H,5-6H2,1-4H3. The molecule has 100 valence electrons. The minimum Gasteiger partial charge on any atom is -0.464 e. The molecule has 0 aromatic carbocycles. The zero-order valence-electron chi connectivity index (χ0n) is 10.5. The highest BCUT2D eigenvalue weighted by molar-refractivity contribution is 5.79. The van der Waals surface area contributed by atoms with Crippen LogP contribution >= 0.6 is 0 Å². The maximum absolute atomic E-state index is 14.1. The molecule has 1 aliphatic heterocycles. The number of esters is 1. The zero-order valence-corrected chi connectivity index (χ0v) is 10.5. The average Bonchev–Trinajstić information content (AvgIpc) is 2.58. The third-order valence-corrected chi connectivity index (χ3v) is 2.61. The Morgan fingerprint density at radius 3 is 2.71 bits per heavy atom. The molecular weight excluding hydrogens is 231 g/mol. The minimum absolute atomic E-state index is 0.0348. The number of halogens is 1. The molecule has 1 N–H and O–H groups in total. The number of ether oxygens (including phenoxy) is 3. The smallest absolute Gasteiger partial charge is 0.346 e. The summed E-state index contributed by atoms with van der Waals surface area (Å²) in [5.74, 6) is -1.98. The van der Waals surface area contributed by atoms with Crippen molar-refractivity contribution in [3.63, 3.8) is 0 Å². The van der Waals surface area contributed by atoms with Crippen molar-refractivity contribution in [1.29, 1.82) is 0 Å². The van der Waals surface area contributed by atoms with E-state index in [2.05, 4.69) is 4.74 Å². The SMILES string of the molecule is CCOC(=O)C(C)(F)C(O)C1COC(C)(C)O1. The van der Waals surface area contributed by atoms with Crippen LogP contribution in [0, 0.1) is 0 Å². The van der Waals surface area contributed by atoms with Crippen LogP contribution in [-0.4, -0.2) is 48.0 Å². The summed E-state index contributed by atoms with van der Waals surface area (Å²) in [6.45, 7) is 5.94. The Balaban J connectivity index is 2.69. The maximum Gasteiger partial charge on any atom is 0.346 e. The van der Waals surface area contributed by atoms with Gasteiger partial charge < -0.3 is 19.3 Å². The first kappa shape index (κ1) is 14.3. The van der Waals surface area contributed by atoms with E-state index in [1.165, 1.54) is 0 Å². The predicted molar refractivity (Wildman–Crippen MR) is 57.1 cm³/mol. The number of alkyl halides is 1. The topological polar surface area (TPSA) is 65.0 Å². The van der Waals surface area contributed by atoms with Crippen molar-refractivity contribution in [2.24, 2.45) is 0 Å². The highest BCUT2D eigenvalue weighted by atomic mass is 19.1. The van der Waals surface area contributed by atoms with Gasteiger partial charge in [0.15, 0.2) is 5.79 Å². The molecule has 0 radical (unpaired) electrons. The van der Waals surface area contributed by atoms with Gasteiger partial charge in [-0.2, -0.15) is 0 Å². The normalized spacial score (nSPS) is 28.5. The zero-order chi connectivity index (χ0) is 13.3. The van der Waals surface area contributed by atoms with Gasteiger partial charge in [-0.1, -0.05) is 0 Å². The molecule has 3 unspecified atom stereocenters. The summed E-state index contributed by atoms with van der Waals surface area (Å²) in [5, 5.41) is 9.83. The van der Waals surface area contributed by atoms with Crippen LogP contribution < -0.4 is 0 Å². The molecule has 0 aromatic heterocycles. The van der Waals surface area contributed by atoms with E-state index in [-0.39, 0.29) is 13.2 Å². The molecule has 1 saturated heterocycles. The fraction of sp³-hybridized carbons (Fsp3) is 0.909. The highest BCUT2D eigenvalue weighted by Gasteiger charge is 2.50. The Kier molecular flexibility index (Phi) is 4.11. The number of hydrogen-bond donors (Lipinski definition) is 1. The average molecular weight is 250 g/mol. The van der Waals surface area contributed by atoms with Crippen LogP contribution in [0.25, 0.3) is 0 Å². The third-order valence-electron chi connectivity index (χ3n) is 2.61. The van der Waals surface area contributed by atoms with Crippen LogP contribution in [0.4, 0.5) is 4.39 Å². The van der Waals surface area contributed by atoms with Crippen LogP contribution in [0.2, 0.25) is 0 Å². The fourth-order valence-electron chi connectivity index (χ4n) is 1.61. The Hall–Kier alpha value is -0.720. The molecule has 1 fully saturated rings. The maximum atomic E-state index is 14.1. The van der Waals surface area contributed by atoms with Crippen LogP contribution in [0.1, 0.15) is 27.7 Å². The van der Waals surface area contributed by atoms with Crippen LogP contribution in [0.5, 0.6) is 0 Å². The summed E-state index contributed by atoms with van der Waals surface area (Å²) in [7, 11) is 0. The Labute approximate surface area is 99.8 Å². The van der Waals surface area contributed by atoms with Gasteiger partial charge in [-0.25, -0.2) is 9.18 Å². The summed E-state index contributed by atoms with van der Waals surface area (Å²) in [4.78, 5) is 11.4. The number of carbonyl (C=O) groups excluding carboxylic acids is 1. The van der Waals surface area contributed by atoms with Crippen molar-refractivity contribution in [3.05, 3.63) is 0 Å². The van der Waals surface area contributed by atoms with Gasteiger partial charge in [0.25, 0.3) is 0 Å². The van der Waals surface area contributed by atoms with Crippen molar-refractivity contribution >= 4 is 5.97 Å². The molecule has 1 rings (SSSR count). The molecule has 0 bridgehead atoms. The van der Waals surface area contributed by atoms with Crippen molar-refractivity contribution < 1.29 is 28.5 Å². The van der Waals surface area contributed by atoms with Gasteiger partial charge in [-0.15, -0.1) is 0 Å². The number of carbonyl (C=O) groups is 1. The molecule has 0 saturated carbocycles. The quantitative estimate of drug-likeness (QED) is 0.747. The van der Waals surface area contributed by atoms with Gasteiger partial charge in [0.05, 0.1) is 13.2 Å². The molecule has 3 atom stereocenters. The van der Waals surface area contributed by atoms with E-state index in [1.54, 1.807) is 20.8 Å². The van der Waals surface area contributed by atoms with E-state index in [0.717, 1.165) is 6.92 Å².